The number of halogens is 2. The molecule has 0 spiro atoms. The molecule has 36 heavy (non-hydrogen) atoms. The fourth-order valence-corrected chi connectivity index (χ4v) is 4.89. The lowest BCUT2D eigenvalue weighted by molar-refractivity contribution is -0.140. The minimum absolute atomic E-state index is 0.00468. The van der Waals surface area contributed by atoms with Crippen molar-refractivity contribution in [2.24, 2.45) is 0 Å². The zero-order valence-corrected chi connectivity index (χ0v) is 21.4. The first-order chi connectivity index (χ1) is 17.2. The van der Waals surface area contributed by atoms with E-state index in [0.29, 0.717) is 17.3 Å². The molecule has 0 aliphatic carbocycles. The highest BCUT2D eigenvalue weighted by Crippen LogP contribution is 2.47. The number of ketones is 1. The summed E-state index contributed by atoms with van der Waals surface area (Å²) in [7, 11) is 4.27. The maximum Gasteiger partial charge on any atom is 0.296 e. The third kappa shape index (κ3) is 4.38. The van der Waals surface area contributed by atoms with Gasteiger partial charge in [0.15, 0.2) is 11.5 Å². The number of Topliss-reactive ketones (excluding diaryl/α,β-unsaturated/α-hetero) is 1. The summed E-state index contributed by atoms with van der Waals surface area (Å²) in [6.07, 6.45) is 0. The Balaban J connectivity index is 1.91. The SMILES string of the molecule is COc1cccc(CN2C(=O)C(=O)/C(=C(/O)c3cc(Cl)c(OC)c(Cl)c3OC)C2c2ccc(C)o2)c1. The number of amides is 1. The summed E-state index contributed by atoms with van der Waals surface area (Å²) in [5, 5.41) is 11.5. The van der Waals surface area contributed by atoms with Crippen LogP contribution in [0, 0.1) is 6.92 Å². The molecule has 1 N–H and O–H groups in total. The van der Waals surface area contributed by atoms with Gasteiger partial charge in [0.25, 0.3) is 11.7 Å². The molecule has 3 aromatic rings. The van der Waals surface area contributed by atoms with Crippen LogP contribution in [0.1, 0.15) is 28.7 Å². The number of likely N-dealkylation sites (tertiary alicyclic amines) is 1. The van der Waals surface area contributed by atoms with Crippen molar-refractivity contribution in [1.82, 2.24) is 4.90 Å². The monoisotopic (exact) mass is 531 g/mol. The lowest BCUT2D eigenvalue weighted by Crippen LogP contribution is -2.29. The highest BCUT2D eigenvalue weighted by molar-refractivity contribution is 6.46. The number of nitrogens with zero attached hydrogens (tertiary/aromatic N) is 1. The predicted molar refractivity (Wildman–Crippen MR) is 134 cm³/mol. The molecule has 0 saturated carbocycles. The van der Waals surface area contributed by atoms with Gasteiger partial charge < -0.3 is 28.6 Å². The number of ether oxygens (including phenoxy) is 3. The molecule has 2 heterocycles. The van der Waals surface area contributed by atoms with Crippen molar-refractivity contribution in [2.75, 3.05) is 21.3 Å². The number of rotatable bonds is 7. The number of hydrogen-bond donors (Lipinski definition) is 1. The first-order valence-corrected chi connectivity index (χ1v) is 11.5. The summed E-state index contributed by atoms with van der Waals surface area (Å²) in [5.74, 6) is -0.550. The van der Waals surface area contributed by atoms with E-state index in [1.807, 2.05) is 0 Å². The van der Waals surface area contributed by atoms with Crippen molar-refractivity contribution in [2.45, 2.75) is 19.5 Å². The molecule has 1 aromatic heterocycles. The summed E-state index contributed by atoms with van der Waals surface area (Å²) >= 11 is 12.7. The zero-order chi connectivity index (χ0) is 26.1. The van der Waals surface area contributed by atoms with Gasteiger partial charge in [0.2, 0.25) is 0 Å². The zero-order valence-electron chi connectivity index (χ0n) is 19.9. The molecule has 0 bridgehead atoms. The van der Waals surface area contributed by atoms with Crippen molar-refractivity contribution in [3.63, 3.8) is 0 Å². The van der Waals surface area contributed by atoms with Crippen LogP contribution >= 0.6 is 23.2 Å². The Morgan fingerprint density at radius 1 is 1.03 bits per heavy atom. The normalized spacial score (nSPS) is 16.9. The first-order valence-electron chi connectivity index (χ1n) is 10.8. The molecule has 1 amide bonds. The predicted octanol–water partition coefficient (Wildman–Crippen LogP) is 5.54. The molecule has 0 radical (unpaired) electrons. The molecule has 1 aliphatic heterocycles. The van der Waals surface area contributed by atoms with E-state index in [2.05, 4.69) is 0 Å². The van der Waals surface area contributed by atoms with Crippen LogP contribution in [-0.2, 0) is 16.1 Å². The third-order valence-electron chi connectivity index (χ3n) is 5.85. The molecule has 2 aromatic carbocycles. The third-order valence-corrected chi connectivity index (χ3v) is 6.48. The molecular weight excluding hydrogens is 509 g/mol. The Labute approximate surface area is 217 Å². The van der Waals surface area contributed by atoms with Gasteiger partial charge in [-0.2, -0.15) is 0 Å². The second kappa shape index (κ2) is 10.2. The second-order valence-electron chi connectivity index (χ2n) is 8.01. The number of benzene rings is 2. The average molecular weight is 532 g/mol. The van der Waals surface area contributed by atoms with Crippen LogP contribution in [0.15, 0.2) is 52.5 Å². The highest BCUT2D eigenvalue weighted by atomic mass is 35.5. The highest BCUT2D eigenvalue weighted by Gasteiger charge is 2.48. The number of hydrogen-bond acceptors (Lipinski definition) is 7. The fraction of sp³-hybridized carbons (Fsp3) is 0.231. The van der Waals surface area contributed by atoms with Gasteiger partial charge in [-0.25, -0.2) is 0 Å². The Bertz CT molecular complexity index is 1380. The van der Waals surface area contributed by atoms with Gasteiger partial charge in [0.05, 0.1) is 37.5 Å². The van der Waals surface area contributed by atoms with E-state index in [-0.39, 0.29) is 39.2 Å². The second-order valence-corrected chi connectivity index (χ2v) is 8.80. The molecule has 10 heteroatoms. The van der Waals surface area contributed by atoms with E-state index >= 15 is 0 Å². The lowest BCUT2D eigenvalue weighted by atomic mass is 9.98. The molecule has 1 aliphatic rings. The summed E-state index contributed by atoms with van der Waals surface area (Å²) in [6, 6.07) is 10.8. The summed E-state index contributed by atoms with van der Waals surface area (Å²) in [4.78, 5) is 27.9. The Morgan fingerprint density at radius 2 is 1.75 bits per heavy atom. The standard InChI is InChI=1S/C26H23Cl2NO7/c1-13-8-9-18(36-13)21-19(22(30)16-11-17(27)25(35-4)20(28)24(16)34-3)23(31)26(32)29(21)12-14-6-5-7-15(10-14)33-2/h5-11,21,30H,12H2,1-4H3/b22-19+. The van der Waals surface area contributed by atoms with Gasteiger partial charge in [-0.15, -0.1) is 0 Å². The molecule has 1 saturated heterocycles. The molecule has 1 atom stereocenters. The van der Waals surface area contributed by atoms with E-state index in [0.717, 1.165) is 5.56 Å². The maximum absolute atomic E-state index is 13.3. The van der Waals surface area contributed by atoms with Gasteiger partial charge in [-0.1, -0.05) is 35.3 Å². The van der Waals surface area contributed by atoms with Gasteiger partial charge in [0.1, 0.15) is 34.1 Å². The van der Waals surface area contributed by atoms with E-state index in [1.165, 1.54) is 32.3 Å². The fourth-order valence-electron chi connectivity index (χ4n) is 4.20. The van der Waals surface area contributed by atoms with Crippen LogP contribution in [0.5, 0.6) is 17.2 Å². The Morgan fingerprint density at radius 3 is 2.36 bits per heavy atom. The molecule has 8 nitrogen and oxygen atoms in total. The minimum atomic E-state index is -1.02. The van der Waals surface area contributed by atoms with Gasteiger partial charge in [0, 0.05) is 6.54 Å². The largest absolute Gasteiger partial charge is 0.507 e. The number of furan rings is 1. The number of aryl methyl sites for hydroxylation is 1. The van der Waals surface area contributed by atoms with E-state index in [9.17, 15) is 14.7 Å². The van der Waals surface area contributed by atoms with Gasteiger partial charge in [-0.05, 0) is 42.8 Å². The number of aliphatic hydroxyl groups is 1. The van der Waals surface area contributed by atoms with Gasteiger partial charge in [-0.3, -0.25) is 9.59 Å². The van der Waals surface area contributed by atoms with Gasteiger partial charge >= 0.3 is 0 Å². The Hall–Kier alpha value is -3.62. The number of methoxy groups -OCH3 is 3. The maximum atomic E-state index is 13.3. The molecule has 1 unspecified atom stereocenters. The van der Waals surface area contributed by atoms with Crippen LogP contribution < -0.4 is 14.2 Å². The van der Waals surface area contributed by atoms with E-state index < -0.39 is 23.5 Å². The number of aliphatic hydroxyl groups excluding tert-OH is 1. The van der Waals surface area contributed by atoms with Crippen molar-refractivity contribution < 1.29 is 33.3 Å². The number of carbonyl (C=O) groups is 2. The molecular formula is C26H23Cl2NO7. The van der Waals surface area contributed by atoms with Crippen LogP contribution in [0.25, 0.3) is 5.76 Å². The number of carbonyl (C=O) groups excluding carboxylic acids is 2. The summed E-state index contributed by atoms with van der Waals surface area (Å²) < 4.78 is 21.7. The topological polar surface area (TPSA) is 98.4 Å². The summed E-state index contributed by atoms with van der Waals surface area (Å²) in [5.41, 5.74) is 0.562. The molecule has 1 fully saturated rings. The van der Waals surface area contributed by atoms with E-state index in [1.54, 1.807) is 43.3 Å². The van der Waals surface area contributed by atoms with Crippen molar-refractivity contribution in [3.8, 4) is 17.2 Å². The Kier molecular flexibility index (Phi) is 7.19. The average Bonchev–Trinajstić information content (AvgIpc) is 3.39. The van der Waals surface area contributed by atoms with E-state index in [4.69, 9.17) is 41.8 Å². The first kappa shape index (κ1) is 25.5. The quantitative estimate of drug-likeness (QED) is 0.242. The molecule has 188 valence electrons. The summed E-state index contributed by atoms with van der Waals surface area (Å²) in [6.45, 7) is 1.80. The lowest BCUT2D eigenvalue weighted by Gasteiger charge is -2.24. The van der Waals surface area contributed by atoms with Crippen LogP contribution in [-0.4, -0.2) is 43.0 Å². The van der Waals surface area contributed by atoms with Crippen molar-refractivity contribution in [3.05, 3.63) is 80.7 Å². The smallest absolute Gasteiger partial charge is 0.296 e. The van der Waals surface area contributed by atoms with Crippen LogP contribution in [0.3, 0.4) is 0 Å². The minimum Gasteiger partial charge on any atom is -0.507 e. The van der Waals surface area contributed by atoms with Crippen molar-refractivity contribution in [1.29, 1.82) is 0 Å². The molecule has 4 rings (SSSR count). The van der Waals surface area contributed by atoms with Crippen LogP contribution in [0.4, 0.5) is 0 Å². The van der Waals surface area contributed by atoms with Crippen molar-refractivity contribution >= 4 is 40.7 Å². The van der Waals surface area contributed by atoms with Crippen LogP contribution in [0.2, 0.25) is 10.0 Å².